The first kappa shape index (κ1) is 17.5. The van der Waals surface area contributed by atoms with E-state index in [2.05, 4.69) is 5.32 Å². The maximum absolute atomic E-state index is 13.1. The minimum atomic E-state index is -0.0912. The Labute approximate surface area is 147 Å². The first-order valence-corrected chi connectivity index (χ1v) is 8.87. The van der Waals surface area contributed by atoms with Gasteiger partial charge in [-0.3, -0.25) is 9.59 Å². The number of rotatable bonds is 5. The molecule has 2 amide bonds. The monoisotopic (exact) mass is 343 g/mol. The third-order valence-electron chi connectivity index (χ3n) is 4.83. The Morgan fingerprint density at radius 2 is 2.12 bits per heavy atom. The van der Waals surface area contributed by atoms with Gasteiger partial charge in [-0.2, -0.15) is 0 Å². The lowest BCUT2D eigenvalue weighted by Crippen LogP contribution is -2.49. The third kappa shape index (κ3) is 3.69. The molecule has 1 saturated heterocycles. The molecule has 0 radical (unpaired) electrons. The van der Waals surface area contributed by atoms with Crippen LogP contribution in [-0.4, -0.2) is 42.4 Å². The summed E-state index contributed by atoms with van der Waals surface area (Å²) in [5, 5.41) is 3.86. The van der Waals surface area contributed by atoms with Crippen LogP contribution in [0.2, 0.25) is 0 Å². The van der Waals surface area contributed by atoms with E-state index in [9.17, 15) is 9.59 Å². The van der Waals surface area contributed by atoms with Crippen LogP contribution in [0.3, 0.4) is 0 Å². The van der Waals surface area contributed by atoms with Crippen molar-refractivity contribution in [3.05, 3.63) is 35.6 Å². The van der Waals surface area contributed by atoms with Crippen LogP contribution >= 0.6 is 0 Å². The molecule has 1 atom stereocenters. The van der Waals surface area contributed by atoms with Crippen LogP contribution in [0.25, 0.3) is 11.0 Å². The summed E-state index contributed by atoms with van der Waals surface area (Å²) in [4.78, 5) is 26.6. The van der Waals surface area contributed by atoms with E-state index in [1.165, 1.54) is 0 Å². The second kappa shape index (κ2) is 7.70. The number of nitrogens with one attached hydrogen (secondary N) is 1. The molecule has 134 valence electrons. The van der Waals surface area contributed by atoms with E-state index in [1.54, 1.807) is 0 Å². The van der Waals surface area contributed by atoms with Gasteiger partial charge in [0.05, 0.1) is 0 Å². The number of carbonyl (C=O) groups excluding carboxylic acids is 2. The van der Waals surface area contributed by atoms with Gasteiger partial charge < -0.3 is 20.4 Å². The number of fused-ring (bicyclic) bond motifs is 1. The van der Waals surface area contributed by atoms with E-state index >= 15 is 0 Å². The summed E-state index contributed by atoms with van der Waals surface area (Å²) in [6.45, 7) is 3.40. The van der Waals surface area contributed by atoms with Crippen molar-refractivity contribution in [2.75, 3.05) is 19.6 Å². The summed E-state index contributed by atoms with van der Waals surface area (Å²) >= 11 is 0. The average Bonchev–Trinajstić information content (AvgIpc) is 2.97. The lowest BCUT2D eigenvalue weighted by Gasteiger charge is -2.35. The lowest BCUT2D eigenvalue weighted by atomic mass is 10.0. The fourth-order valence-electron chi connectivity index (χ4n) is 3.44. The number of para-hydroxylation sites is 1. The molecule has 0 aliphatic carbocycles. The number of nitrogens with zero attached hydrogens (tertiary/aromatic N) is 1. The van der Waals surface area contributed by atoms with Gasteiger partial charge in [0, 0.05) is 43.0 Å². The zero-order valence-corrected chi connectivity index (χ0v) is 14.6. The van der Waals surface area contributed by atoms with Crippen LogP contribution in [-0.2, 0) is 4.79 Å². The fraction of sp³-hybridized carbons (Fsp3) is 0.474. The lowest BCUT2D eigenvalue weighted by molar-refractivity contribution is -0.121. The highest BCUT2D eigenvalue weighted by atomic mass is 16.3. The molecule has 1 aliphatic heterocycles. The average molecular weight is 343 g/mol. The number of benzene rings is 1. The highest BCUT2D eigenvalue weighted by Crippen LogP contribution is 2.28. The molecule has 6 nitrogen and oxygen atoms in total. The molecule has 0 bridgehead atoms. The predicted molar refractivity (Wildman–Crippen MR) is 96.3 cm³/mol. The number of amides is 2. The van der Waals surface area contributed by atoms with Crippen molar-refractivity contribution < 1.29 is 14.0 Å². The van der Waals surface area contributed by atoms with Crippen molar-refractivity contribution in [3.8, 4) is 0 Å². The van der Waals surface area contributed by atoms with Crippen LogP contribution in [0.1, 0.15) is 41.8 Å². The maximum Gasteiger partial charge on any atom is 0.290 e. The molecule has 1 fully saturated rings. The molecule has 0 saturated carbocycles. The number of hydrogen-bond acceptors (Lipinski definition) is 4. The quantitative estimate of drug-likeness (QED) is 0.871. The topological polar surface area (TPSA) is 88.6 Å². The van der Waals surface area contributed by atoms with Crippen molar-refractivity contribution in [2.45, 2.75) is 38.6 Å². The fourth-order valence-corrected chi connectivity index (χ4v) is 3.44. The standard InChI is InChI=1S/C19H25N3O3/c1-13-15-7-2-3-8-16(15)25-18(13)19(24)22-11-5-4-6-14(22)12-21-17(23)9-10-20/h2-3,7-8,14H,4-6,9-12,20H2,1H3,(H,21,23). The van der Waals surface area contributed by atoms with Gasteiger partial charge in [0.1, 0.15) is 5.58 Å². The Bertz CT molecular complexity index is 768. The van der Waals surface area contributed by atoms with Gasteiger partial charge in [-0.15, -0.1) is 0 Å². The Morgan fingerprint density at radius 3 is 2.88 bits per heavy atom. The van der Waals surface area contributed by atoms with Gasteiger partial charge in [0.15, 0.2) is 5.76 Å². The highest BCUT2D eigenvalue weighted by Gasteiger charge is 2.31. The molecular formula is C19H25N3O3. The summed E-state index contributed by atoms with van der Waals surface area (Å²) in [7, 11) is 0. The van der Waals surface area contributed by atoms with Crippen molar-refractivity contribution in [2.24, 2.45) is 5.73 Å². The van der Waals surface area contributed by atoms with E-state index in [0.717, 1.165) is 35.8 Å². The number of piperidine rings is 1. The first-order chi connectivity index (χ1) is 12.1. The molecule has 1 aromatic carbocycles. The smallest absolute Gasteiger partial charge is 0.290 e. The molecule has 1 unspecified atom stereocenters. The Kier molecular flexibility index (Phi) is 5.38. The van der Waals surface area contributed by atoms with Crippen LogP contribution in [0.15, 0.2) is 28.7 Å². The largest absolute Gasteiger partial charge is 0.451 e. The predicted octanol–water partition coefficient (Wildman–Crippen LogP) is 2.20. The van der Waals surface area contributed by atoms with Gasteiger partial charge in [0.25, 0.3) is 5.91 Å². The Morgan fingerprint density at radius 1 is 1.32 bits per heavy atom. The molecule has 0 spiro atoms. The van der Waals surface area contributed by atoms with E-state index in [-0.39, 0.29) is 17.9 Å². The van der Waals surface area contributed by atoms with E-state index in [1.807, 2.05) is 36.1 Å². The summed E-state index contributed by atoms with van der Waals surface area (Å²) in [6, 6.07) is 7.67. The summed E-state index contributed by atoms with van der Waals surface area (Å²) in [6.07, 6.45) is 3.22. The molecule has 25 heavy (non-hydrogen) atoms. The van der Waals surface area contributed by atoms with Crippen molar-refractivity contribution in [3.63, 3.8) is 0 Å². The molecule has 2 heterocycles. The second-order valence-electron chi connectivity index (χ2n) is 6.54. The van der Waals surface area contributed by atoms with Crippen LogP contribution < -0.4 is 11.1 Å². The van der Waals surface area contributed by atoms with Gasteiger partial charge in [-0.1, -0.05) is 18.2 Å². The van der Waals surface area contributed by atoms with E-state index < -0.39 is 0 Å². The number of likely N-dealkylation sites (tertiary alicyclic amines) is 1. The van der Waals surface area contributed by atoms with Crippen LogP contribution in [0.4, 0.5) is 0 Å². The zero-order chi connectivity index (χ0) is 17.8. The molecule has 6 heteroatoms. The van der Waals surface area contributed by atoms with Gasteiger partial charge in [-0.25, -0.2) is 0 Å². The molecule has 1 aliphatic rings. The zero-order valence-electron chi connectivity index (χ0n) is 14.6. The minimum absolute atomic E-state index is 0.00409. The van der Waals surface area contributed by atoms with Crippen LogP contribution in [0, 0.1) is 6.92 Å². The van der Waals surface area contributed by atoms with Crippen LogP contribution in [0.5, 0.6) is 0 Å². The van der Waals surface area contributed by atoms with E-state index in [0.29, 0.717) is 31.8 Å². The summed E-state index contributed by atoms with van der Waals surface area (Å²) in [5.41, 5.74) is 7.01. The number of nitrogens with two attached hydrogens (primary N) is 1. The summed E-state index contributed by atoms with van der Waals surface area (Å²) < 4.78 is 5.83. The molecule has 3 N–H and O–H groups in total. The highest BCUT2D eigenvalue weighted by molar-refractivity contribution is 5.99. The number of carbonyl (C=O) groups is 2. The summed E-state index contributed by atoms with van der Waals surface area (Å²) in [5.74, 6) is 0.244. The molecular weight excluding hydrogens is 318 g/mol. The van der Waals surface area contributed by atoms with Gasteiger partial charge in [0.2, 0.25) is 5.91 Å². The molecule has 2 aromatic rings. The number of hydrogen-bond donors (Lipinski definition) is 2. The van der Waals surface area contributed by atoms with Crippen molar-refractivity contribution >= 4 is 22.8 Å². The van der Waals surface area contributed by atoms with Crippen molar-refractivity contribution in [1.82, 2.24) is 10.2 Å². The minimum Gasteiger partial charge on any atom is -0.451 e. The number of furan rings is 1. The first-order valence-electron chi connectivity index (χ1n) is 8.87. The number of aryl methyl sites for hydroxylation is 1. The van der Waals surface area contributed by atoms with Gasteiger partial charge >= 0.3 is 0 Å². The SMILES string of the molecule is Cc1c(C(=O)N2CCCCC2CNC(=O)CCN)oc2ccccc12. The van der Waals surface area contributed by atoms with Crippen molar-refractivity contribution in [1.29, 1.82) is 0 Å². The maximum atomic E-state index is 13.1. The normalized spacial score (nSPS) is 17.7. The second-order valence-corrected chi connectivity index (χ2v) is 6.54. The third-order valence-corrected chi connectivity index (χ3v) is 4.83. The molecule has 3 rings (SSSR count). The Balaban J connectivity index is 1.78. The van der Waals surface area contributed by atoms with E-state index in [4.69, 9.17) is 10.2 Å². The van der Waals surface area contributed by atoms with Gasteiger partial charge in [-0.05, 0) is 32.3 Å². The molecule has 1 aromatic heterocycles. The Hall–Kier alpha value is -2.34.